The number of carbonyl (C=O) groups is 2. The molecule has 2 fully saturated rings. The van der Waals surface area contributed by atoms with E-state index in [9.17, 15) is 14.2 Å². The first-order valence-corrected chi connectivity index (χ1v) is 18.3. The number of ether oxygens (including phenoxy) is 2. The molecular weight excluding hydrogens is 637 g/mol. The van der Waals surface area contributed by atoms with E-state index in [1.807, 2.05) is 10.8 Å². The quantitative estimate of drug-likeness (QED) is 0.114. The molecule has 5 rings (SSSR count). The van der Waals surface area contributed by atoms with Gasteiger partial charge in [-0.05, 0) is 62.7 Å². The number of nitrogens with two attached hydrogens (primary N) is 1. The minimum atomic E-state index is -4.16. The lowest BCUT2D eigenvalue weighted by Gasteiger charge is -2.25. The second-order valence-electron chi connectivity index (χ2n) is 12.9. The van der Waals surface area contributed by atoms with Crippen molar-refractivity contribution in [1.29, 1.82) is 0 Å². The van der Waals surface area contributed by atoms with Crippen LogP contribution in [0.25, 0.3) is 6.20 Å². The van der Waals surface area contributed by atoms with E-state index in [2.05, 4.69) is 39.5 Å². The number of aliphatic imine (C=N–C) groups is 1. The molecule has 3 unspecified atom stereocenters. The van der Waals surface area contributed by atoms with Crippen LogP contribution >= 0.6 is 7.75 Å². The topological polar surface area (TPSA) is 180 Å². The minimum absolute atomic E-state index is 0.00683. The summed E-state index contributed by atoms with van der Waals surface area (Å²) in [6.07, 6.45) is 9.75. The van der Waals surface area contributed by atoms with Crippen molar-refractivity contribution in [3.05, 3.63) is 47.9 Å². The van der Waals surface area contributed by atoms with Crippen LogP contribution in [0.1, 0.15) is 84.5 Å². The second kappa shape index (κ2) is 15.7. The molecule has 48 heavy (non-hydrogen) atoms. The van der Waals surface area contributed by atoms with Crippen LogP contribution in [0.4, 0.5) is 5.82 Å². The summed E-state index contributed by atoms with van der Waals surface area (Å²) in [4.78, 5) is 33.9. The van der Waals surface area contributed by atoms with Gasteiger partial charge in [0.1, 0.15) is 42.4 Å². The predicted octanol–water partition coefficient (Wildman–Crippen LogP) is 5.11. The maximum absolute atomic E-state index is 14.3. The molecule has 2 aliphatic carbocycles. The third kappa shape index (κ3) is 9.46. The molecule has 1 aromatic heterocycles. The third-order valence-corrected chi connectivity index (χ3v) is 10.2. The summed E-state index contributed by atoms with van der Waals surface area (Å²) in [6, 6.07) is 7.98. The molecule has 0 bridgehead atoms. The van der Waals surface area contributed by atoms with Crippen LogP contribution in [-0.2, 0) is 28.2 Å². The Labute approximate surface area is 281 Å². The normalized spacial score (nSPS) is 22.6. The first kappa shape index (κ1) is 35.6. The van der Waals surface area contributed by atoms with Crippen molar-refractivity contribution in [2.24, 2.45) is 22.1 Å². The van der Waals surface area contributed by atoms with Crippen LogP contribution in [0, 0.1) is 11.3 Å². The Morgan fingerprint density at radius 1 is 1.17 bits per heavy atom. The monoisotopic (exact) mass is 685 g/mol. The van der Waals surface area contributed by atoms with Gasteiger partial charge in [-0.1, -0.05) is 44.9 Å². The number of guanidine groups is 1. The predicted molar refractivity (Wildman–Crippen MR) is 182 cm³/mol. The van der Waals surface area contributed by atoms with E-state index in [-0.39, 0.29) is 31.3 Å². The van der Waals surface area contributed by atoms with Gasteiger partial charge in [-0.2, -0.15) is 5.09 Å². The molecule has 0 radical (unpaired) electrons. The van der Waals surface area contributed by atoms with E-state index in [0.29, 0.717) is 30.6 Å². The number of fused-ring (bicyclic) bond motifs is 1. The molecule has 2 aromatic rings. The van der Waals surface area contributed by atoms with E-state index in [1.54, 1.807) is 43.6 Å². The van der Waals surface area contributed by atoms with Crippen LogP contribution in [0.2, 0.25) is 0 Å². The highest BCUT2D eigenvalue weighted by atomic mass is 31.2. The highest BCUT2D eigenvalue weighted by Crippen LogP contribution is 2.57. The van der Waals surface area contributed by atoms with Gasteiger partial charge in [0, 0.05) is 19.2 Å². The molecule has 3 aliphatic rings. The van der Waals surface area contributed by atoms with Gasteiger partial charge in [-0.25, -0.2) is 14.5 Å². The Hall–Kier alpha value is -3.71. The number of carbonyl (C=O) groups excluding carboxylic acids is 2. The van der Waals surface area contributed by atoms with Crippen molar-refractivity contribution in [3.8, 4) is 5.75 Å². The molecule has 14 nitrogen and oxygen atoms in total. The molecule has 0 saturated heterocycles. The van der Waals surface area contributed by atoms with Crippen LogP contribution in [0.3, 0.4) is 0 Å². The van der Waals surface area contributed by atoms with E-state index >= 15 is 0 Å². The number of esters is 2. The molecule has 2 heterocycles. The summed E-state index contributed by atoms with van der Waals surface area (Å²) < 4.78 is 39.1. The first-order valence-electron chi connectivity index (χ1n) is 16.7. The number of hydrogen-bond donors (Lipinski definition) is 4. The van der Waals surface area contributed by atoms with E-state index in [4.69, 9.17) is 24.3 Å². The zero-order chi connectivity index (χ0) is 34.3. The molecule has 15 heteroatoms. The molecule has 0 spiro atoms. The van der Waals surface area contributed by atoms with Gasteiger partial charge in [0.15, 0.2) is 5.96 Å². The van der Waals surface area contributed by atoms with Crippen molar-refractivity contribution in [1.82, 2.24) is 20.0 Å². The van der Waals surface area contributed by atoms with Gasteiger partial charge in [-0.3, -0.25) is 24.0 Å². The van der Waals surface area contributed by atoms with Gasteiger partial charge in [0.2, 0.25) is 0 Å². The molecule has 2 saturated carbocycles. The number of rotatable bonds is 19. The summed E-state index contributed by atoms with van der Waals surface area (Å²) in [5.41, 5.74) is 6.90. The number of hydrogen-bond acceptors (Lipinski definition) is 12. The molecule has 4 atom stereocenters. The standard InChI is InChI=1S/C33H48N7O7P/c1-5-10-24(11-6-2)18-44-31(42)22(3)39-48(43,47-27-12-8-7-9-13-27)46-20-33(19-45-23(4)41)16-25(33)17-40-21-35-28-29(36-26-14-15-26)37-32(34)38-30(28)40/h7-9,12-13,17,21-22,24,26,29,36H,5-6,10-11,14-16,18-20H2,1-4H3,(H,39,43)(H3,34,37,38)/b25-17-/t22-,29?,33?,48?/m0/s1. The molecule has 1 aliphatic heterocycles. The Kier molecular flexibility index (Phi) is 11.6. The van der Waals surface area contributed by atoms with Crippen LogP contribution in [0.5, 0.6) is 5.75 Å². The Balaban J connectivity index is 1.32. The third-order valence-electron chi connectivity index (χ3n) is 8.54. The van der Waals surface area contributed by atoms with Gasteiger partial charge in [-0.15, -0.1) is 0 Å². The second-order valence-corrected chi connectivity index (χ2v) is 14.6. The first-order chi connectivity index (χ1) is 23.0. The van der Waals surface area contributed by atoms with Crippen molar-refractivity contribution >= 4 is 37.7 Å². The molecular formula is C33H48N7O7P. The van der Waals surface area contributed by atoms with Gasteiger partial charge in [0.25, 0.3) is 0 Å². The van der Waals surface area contributed by atoms with Crippen LogP contribution in [0.15, 0.2) is 47.2 Å². The lowest BCUT2D eigenvalue weighted by Crippen LogP contribution is -2.36. The summed E-state index contributed by atoms with van der Waals surface area (Å²) in [5, 5.41) is 9.32. The number of benzene rings is 1. The Morgan fingerprint density at radius 3 is 2.56 bits per heavy atom. The fourth-order valence-electron chi connectivity index (χ4n) is 5.65. The maximum Gasteiger partial charge on any atom is 0.459 e. The molecule has 1 aromatic carbocycles. The van der Waals surface area contributed by atoms with Crippen molar-refractivity contribution in [2.45, 2.75) is 90.9 Å². The van der Waals surface area contributed by atoms with Gasteiger partial charge in [0.05, 0.1) is 18.6 Å². The average Bonchev–Trinajstić information content (AvgIpc) is 3.96. The van der Waals surface area contributed by atoms with E-state index in [0.717, 1.165) is 49.8 Å². The summed E-state index contributed by atoms with van der Waals surface area (Å²) >= 11 is 0. The number of aromatic nitrogens is 2. The smallest absolute Gasteiger partial charge is 0.459 e. The lowest BCUT2D eigenvalue weighted by atomic mass is 9.99. The van der Waals surface area contributed by atoms with Crippen LogP contribution < -0.4 is 26.0 Å². The molecule has 262 valence electrons. The molecule has 0 amide bonds. The van der Waals surface area contributed by atoms with Crippen molar-refractivity contribution in [2.75, 3.05) is 25.1 Å². The number of para-hydroxylation sites is 1. The maximum atomic E-state index is 14.3. The lowest BCUT2D eigenvalue weighted by molar-refractivity contribution is -0.147. The number of nitrogens with zero attached hydrogens (tertiary/aromatic N) is 3. The average molecular weight is 686 g/mol. The fourth-order valence-corrected chi connectivity index (χ4v) is 7.22. The number of nitrogens with one attached hydrogen (secondary N) is 3. The highest BCUT2D eigenvalue weighted by Gasteiger charge is 2.52. The highest BCUT2D eigenvalue weighted by molar-refractivity contribution is 7.52. The zero-order valence-corrected chi connectivity index (χ0v) is 29.0. The van der Waals surface area contributed by atoms with Crippen molar-refractivity contribution < 1.29 is 32.7 Å². The Bertz CT molecular complexity index is 1540. The number of anilines is 1. The SMILES string of the molecule is CCCC(CCC)COC(=O)[C@H](C)NP(=O)(OCC1(COC(C)=O)C/C1=C/n1cnc2c1NC(N)=NC2NC1CC1)Oc1ccccc1. The van der Waals surface area contributed by atoms with E-state index in [1.165, 1.54) is 6.92 Å². The minimum Gasteiger partial charge on any atom is -0.465 e. The van der Waals surface area contributed by atoms with Crippen LogP contribution in [-0.4, -0.2) is 59.4 Å². The molecule has 5 N–H and O–H groups in total. The Morgan fingerprint density at radius 2 is 1.90 bits per heavy atom. The van der Waals surface area contributed by atoms with Gasteiger partial charge >= 0.3 is 19.7 Å². The summed E-state index contributed by atoms with van der Waals surface area (Å²) in [6.45, 7) is 7.26. The van der Waals surface area contributed by atoms with Crippen molar-refractivity contribution in [3.63, 3.8) is 0 Å². The van der Waals surface area contributed by atoms with Gasteiger partial charge < -0.3 is 25.0 Å². The fraction of sp³-hybridized carbons (Fsp3) is 0.576. The van der Waals surface area contributed by atoms with E-state index < -0.39 is 31.1 Å². The summed E-state index contributed by atoms with van der Waals surface area (Å²) in [7, 11) is -4.16. The summed E-state index contributed by atoms with van der Waals surface area (Å²) in [5.74, 6) is 0.503. The number of imidazole rings is 1. The largest absolute Gasteiger partial charge is 0.465 e. The zero-order valence-electron chi connectivity index (χ0n) is 28.1.